The molecule has 0 aliphatic carbocycles. The fourth-order valence-corrected chi connectivity index (χ4v) is 2.36. The van der Waals surface area contributed by atoms with Crippen LogP contribution in [0.1, 0.15) is 17.2 Å². The second-order valence-corrected chi connectivity index (χ2v) is 4.68. The number of hydrogen-bond acceptors (Lipinski definition) is 4. The van der Waals surface area contributed by atoms with Crippen LogP contribution in [0.4, 0.5) is 0 Å². The maximum atomic E-state index is 12.2. The SMILES string of the molecule is COc1ccc(C2Oc3ccccc3CC2=O)cc1O. The van der Waals surface area contributed by atoms with Gasteiger partial charge in [-0.3, -0.25) is 4.79 Å². The molecule has 4 nitrogen and oxygen atoms in total. The van der Waals surface area contributed by atoms with Gasteiger partial charge in [-0.2, -0.15) is 0 Å². The van der Waals surface area contributed by atoms with Gasteiger partial charge in [0.05, 0.1) is 7.11 Å². The third-order valence-electron chi connectivity index (χ3n) is 3.38. The lowest BCUT2D eigenvalue weighted by atomic mass is 9.96. The maximum absolute atomic E-state index is 12.2. The number of para-hydroxylation sites is 1. The highest BCUT2D eigenvalue weighted by Crippen LogP contribution is 2.35. The lowest BCUT2D eigenvalue weighted by Gasteiger charge is -2.25. The average Bonchev–Trinajstić information content (AvgIpc) is 2.46. The van der Waals surface area contributed by atoms with Crippen LogP contribution in [0.3, 0.4) is 0 Å². The molecule has 2 aromatic rings. The Bertz CT molecular complexity index is 663. The first-order valence-electron chi connectivity index (χ1n) is 6.33. The molecule has 0 saturated heterocycles. The Balaban J connectivity index is 1.95. The van der Waals surface area contributed by atoms with E-state index in [1.54, 1.807) is 12.1 Å². The van der Waals surface area contributed by atoms with Gasteiger partial charge in [-0.05, 0) is 18.2 Å². The van der Waals surface area contributed by atoms with E-state index in [2.05, 4.69) is 0 Å². The van der Waals surface area contributed by atoms with Gasteiger partial charge in [0.2, 0.25) is 0 Å². The van der Waals surface area contributed by atoms with Gasteiger partial charge in [0.1, 0.15) is 5.75 Å². The van der Waals surface area contributed by atoms with Crippen LogP contribution in [0, 0.1) is 0 Å². The summed E-state index contributed by atoms with van der Waals surface area (Å²) in [6.45, 7) is 0. The first-order chi connectivity index (χ1) is 9.69. The lowest BCUT2D eigenvalue weighted by Crippen LogP contribution is -2.25. The number of ether oxygens (including phenoxy) is 2. The number of benzene rings is 2. The fourth-order valence-electron chi connectivity index (χ4n) is 2.36. The molecule has 0 fully saturated rings. The Labute approximate surface area is 116 Å². The summed E-state index contributed by atoms with van der Waals surface area (Å²) in [4.78, 5) is 12.2. The third-order valence-corrected chi connectivity index (χ3v) is 3.38. The number of Topliss-reactive ketones (excluding diaryl/α,β-unsaturated/α-hetero) is 1. The number of rotatable bonds is 2. The van der Waals surface area contributed by atoms with Crippen molar-refractivity contribution in [2.45, 2.75) is 12.5 Å². The first-order valence-corrected chi connectivity index (χ1v) is 6.33. The molecule has 4 heteroatoms. The maximum Gasteiger partial charge on any atom is 0.182 e. The summed E-state index contributed by atoms with van der Waals surface area (Å²) in [5.74, 6) is 1.07. The number of carbonyl (C=O) groups is 1. The van der Waals surface area contributed by atoms with Gasteiger partial charge in [-0.1, -0.05) is 24.3 Å². The van der Waals surface area contributed by atoms with Crippen molar-refractivity contribution >= 4 is 5.78 Å². The summed E-state index contributed by atoms with van der Waals surface area (Å²) < 4.78 is 10.8. The summed E-state index contributed by atoms with van der Waals surface area (Å²) in [5.41, 5.74) is 1.52. The van der Waals surface area contributed by atoms with E-state index in [1.165, 1.54) is 13.2 Å². The van der Waals surface area contributed by atoms with Crippen molar-refractivity contribution in [1.29, 1.82) is 0 Å². The van der Waals surface area contributed by atoms with Crippen molar-refractivity contribution in [2.24, 2.45) is 0 Å². The second kappa shape index (κ2) is 4.89. The molecule has 1 atom stereocenters. The molecule has 0 bridgehead atoms. The van der Waals surface area contributed by atoms with Crippen molar-refractivity contribution in [3.63, 3.8) is 0 Å². The predicted molar refractivity (Wildman–Crippen MR) is 73.2 cm³/mol. The largest absolute Gasteiger partial charge is 0.504 e. The van der Waals surface area contributed by atoms with Crippen LogP contribution in [0.5, 0.6) is 17.2 Å². The van der Waals surface area contributed by atoms with Gasteiger partial charge in [0, 0.05) is 17.5 Å². The van der Waals surface area contributed by atoms with Crippen molar-refractivity contribution < 1.29 is 19.4 Å². The van der Waals surface area contributed by atoms with Crippen LogP contribution in [-0.2, 0) is 11.2 Å². The number of carbonyl (C=O) groups excluding carboxylic acids is 1. The molecule has 0 amide bonds. The molecule has 1 aliphatic rings. The van der Waals surface area contributed by atoms with E-state index in [0.717, 1.165) is 5.56 Å². The Morgan fingerprint density at radius 1 is 1.25 bits per heavy atom. The van der Waals surface area contributed by atoms with Crippen LogP contribution in [0.15, 0.2) is 42.5 Å². The highest BCUT2D eigenvalue weighted by Gasteiger charge is 2.29. The zero-order valence-corrected chi connectivity index (χ0v) is 11.0. The summed E-state index contributed by atoms with van der Waals surface area (Å²) in [7, 11) is 1.48. The summed E-state index contributed by atoms with van der Waals surface area (Å²) >= 11 is 0. The minimum absolute atomic E-state index is 0.000239. The van der Waals surface area contributed by atoms with E-state index in [-0.39, 0.29) is 11.5 Å². The number of fused-ring (bicyclic) bond motifs is 1. The smallest absolute Gasteiger partial charge is 0.182 e. The molecular formula is C16H14O4. The summed E-state index contributed by atoms with van der Waals surface area (Å²) in [6, 6.07) is 12.4. The molecule has 2 aromatic carbocycles. The molecule has 3 rings (SSSR count). The molecule has 20 heavy (non-hydrogen) atoms. The molecule has 1 heterocycles. The van der Waals surface area contributed by atoms with Gasteiger partial charge in [0.15, 0.2) is 23.4 Å². The molecule has 1 unspecified atom stereocenters. The lowest BCUT2D eigenvalue weighted by molar-refractivity contribution is -0.126. The van der Waals surface area contributed by atoms with Crippen molar-refractivity contribution in [2.75, 3.05) is 7.11 Å². The van der Waals surface area contributed by atoms with Gasteiger partial charge in [0.25, 0.3) is 0 Å². The van der Waals surface area contributed by atoms with E-state index < -0.39 is 6.10 Å². The number of hydrogen-bond donors (Lipinski definition) is 1. The summed E-state index contributed by atoms with van der Waals surface area (Å²) in [6.07, 6.45) is -0.338. The number of methoxy groups -OCH3 is 1. The van der Waals surface area contributed by atoms with E-state index in [4.69, 9.17) is 9.47 Å². The van der Waals surface area contributed by atoms with Crippen LogP contribution < -0.4 is 9.47 Å². The minimum atomic E-state index is -0.679. The Morgan fingerprint density at radius 3 is 2.80 bits per heavy atom. The van der Waals surface area contributed by atoms with Crippen molar-refractivity contribution in [3.05, 3.63) is 53.6 Å². The molecule has 1 aliphatic heterocycles. The highest BCUT2D eigenvalue weighted by molar-refractivity contribution is 5.88. The second-order valence-electron chi connectivity index (χ2n) is 4.68. The molecule has 0 spiro atoms. The van der Waals surface area contributed by atoms with Crippen molar-refractivity contribution in [3.8, 4) is 17.2 Å². The van der Waals surface area contributed by atoms with Crippen LogP contribution in [-0.4, -0.2) is 18.0 Å². The van der Waals surface area contributed by atoms with E-state index >= 15 is 0 Å². The van der Waals surface area contributed by atoms with Gasteiger partial charge >= 0.3 is 0 Å². The number of aromatic hydroxyl groups is 1. The minimum Gasteiger partial charge on any atom is -0.504 e. The van der Waals surface area contributed by atoms with Gasteiger partial charge < -0.3 is 14.6 Å². The van der Waals surface area contributed by atoms with Gasteiger partial charge in [-0.15, -0.1) is 0 Å². The average molecular weight is 270 g/mol. The fraction of sp³-hybridized carbons (Fsp3) is 0.188. The quantitative estimate of drug-likeness (QED) is 0.911. The number of phenols is 1. The standard InChI is InChI=1S/C16H14O4/c1-19-15-7-6-11(9-12(15)17)16-13(18)8-10-4-2-3-5-14(10)20-16/h2-7,9,16-17H,8H2,1H3. The van der Waals surface area contributed by atoms with Crippen LogP contribution in [0.25, 0.3) is 0 Å². The number of ketones is 1. The molecular weight excluding hydrogens is 256 g/mol. The highest BCUT2D eigenvalue weighted by atomic mass is 16.5. The van der Waals surface area contributed by atoms with E-state index in [9.17, 15) is 9.90 Å². The van der Waals surface area contributed by atoms with E-state index in [0.29, 0.717) is 23.5 Å². The molecule has 102 valence electrons. The Kier molecular flexibility index (Phi) is 3.06. The Hall–Kier alpha value is -2.49. The van der Waals surface area contributed by atoms with Gasteiger partial charge in [-0.25, -0.2) is 0 Å². The number of phenolic OH excluding ortho intramolecular Hbond substituents is 1. The molecule has 0 aromatic heterocycles. The molecule has 0 radical (unpaired) electrons. The normalized spacial score (nSPS) is 17.2. The molecule has 1 N–H and O–H groups in total. The monoisotopic (exact) mass is 270 g/mol. The predicted octanol–water partition coefficient (Wildman–Crippen LogP) is 2.65. The van der Waals surface area contributed by atoms with E-state index in [1.807, 2.05) is 24.3 Å². The van der Waals surface area contributed by atoms with Crippen molar-refractivity contribution in [1.82, 2.24) is 0 Å². The Morgan fingerprint density at radius 2 is 2.05 bits per heavy atom. The van der Waals surface area contributed by atoms with Crippen LogP contribution >= 0.6 is 0 Å². The zero-order valence-electron chi connectivity index (χ0n) is 11.0. The summed E-state index contributed by atoms with van der Waals surface area (Å²) in [5, 5.41) is 9.81. The first kappa shape index (κ1) is 12.5. The topological polar surface area (TPSA) is 55.8 Å². The van der Waals surface area contributed by atoms with Crippen LogP contribution in [0.2, 0.25) is 0 Å². The molecule has 0 saturated carbocycles. The zero-order chi connectivity index (χ0) is 14.1. The third kappa shape index (κ3) is 2.09.